The highest BCUT2D eigenvalue weighted by Crippen LogP contribution is 2.15. The van der Waals surface area contributed by atoms with Crippen LogP contribution in [0.4, 0.5) is 11.4 Å². The number of rotatable bonds is 9. The Morgan fingerprint density at radius 2 is 1.83 bits per heavy atom. The van der Waals surface area contributed by atoms with Crippen molar-refractivity contribution in [2.24, 2.45) is 0 Å². The summed E-state index contributed by atoms with van der Waals surface area (Å²) in [7, 11) is 0. The van der Waals surface area contributed by atoms with E-state index in [4.69, 9.17) is 0 Å². The van der Waals surface area contributed by atoms with Crippen LogP contribution in [0.2, 0.25) is 0 Å². The van der Waals surface area contributed by atoms with Crippen LogP contribution in [0.25, 0.3) is 0 Å². The van der Waals surface area contributed by atoms with Crippen molar-refractivity contribution in [2.75, 3.05) is 31.5 Å². The summed E-state index contributed by atoms with van der Waals surface area (Å²) in [5.74, 6) is -0.0255. The first-order valence-electron chi connectivity index (χ1n) is 8.50. The smallest absolute Gasteiger partial charge is 0.251 e. The molecule has 1 aromatic heterocycles. The molecule has 0 atom stereocenters. The van der Waals surface area contributed by atoms with E-state index in [0.717, 1.165) is 37.4 Å². The van der Waals surface area contributed by atoms with E-state index < -0.39 is 0 Å². The summed E-state index contributed by atoms with van der Waals surface area (Å²) in [5, 5.41) is 6.22. The third kappa shape index (κ3) is 5.66. The molecule has 0 aliphatic carbocycles. The van der Waals surface area contributed by atoms with Gasteiger partial charge in [0.05, 0.1) is 11.9 Å². The Morgan fingerprint density at radius 1 is 1.08 bits per heavy atom. The van der Waals surface area contributed by atoms with Gasteiger partial charge in [-0.1, -0.05) is 13.8 Å². The molecule has 0 saturated heterocycles. The molecular formula is C19H26N4O. The number of hydrogen-bond acceptors (Lipinski definition) is 4. The van der Waals surface area contributed by atoms with Crippen LogP contribution in [0, 0.1) is 0 Å². The number of nitrogens with one attached hydrogen (secondary N) is 2. The number of aromatic nitrogens is 1. The van der Waals surface area contributed by atoms with Gasteiger partial charge in [0.2, 0.25) is 0 Å². The van der Waals surface area contributed by atoms with Crippen LogP contribution in [-0.4, -0.2) is 42.0 Å². The second kappa shape index (κ2) is 9.67. The number of amides is 1. The molecule has 1 heterocycles. The van der Waals surface area contributed by atoms with Crippen molar-refractivity contribution in [3.05, 3.63) is 54.4 Å². The predicted octanol–water partition coefficient (Wildman–Crippen LogP) is 3.29. The summed E-state index contributed by atoms with van der Waals surface area (Å²) in [4.78, 5) is 18.6. The van der Waals surface area contributed by atoms with E-state index in [2.05, 4.69) is 34.4 Å². The Bertz CT molecular complexity index is 609. The molecular weight excluding hydrogens is 300 g/mol. The van der Waals surface area contributed by atoms with Gasteiger partial charge in [-0.2, -0.15) is 0 Å². The predicted molar refractivity (Wildman–Crippen MR) is 98.7 cm³/mol. The van der Waals surface area contributed by atoms with Crippen LogP contribution >= 0.6 is 0 Å². The Kier molecular flexibility index (Phi) is 7.23. The molecule has 0 aliphatic heterocycles. The zero-order valence-corrected chi connectivity index (χ0v) is 14.5. The molecule has 0 radical (unpaired) electrons. The van der Waals surface area contributed by atoms with Gasteiger partial charge in [-0.3, -0.25) is 9.78 Å². The molecule has 0 bridgehead atoms. The van der Waals surface area contributed by atoms with E-state index in [1.807, 2.05) is 36.4 Å². The quantitative estimate of drug-likeness (QED) is 0.694. The van der Waals surface area contributed by atoms with Crippen LogP contribution in [0.1, 0.15) is 30.6 Å². The second-order valence-corrected chi connectivity index (χ2v) is 5.58. The third-order valence-electron chi connectivity index (χ3n) is 3.93. The van der Waals surface area contributed by atoms with Gasteiger partial charge in [0, 0.05) is 24.0 Å². The summed E-state index contributed by atoms with van der Waals surface area (Å²) in [6, 6.07) is 11.3. The fourth-order valence-corrected chi connectivity index (χ4v) is 2.45. The lowest BCUT2D eigenvalue weighted by Crippen LogP contribution is -2.29. The van der Waals surface area contributed by atoms with E-state index in [1.165, 1.54) is 0 Å². The molecule has 0 saturated carbocycles. The van der Waals surface area contributed by atoms with Crippen molar-refractivity contribution < 1.29 is 4.79 Å². The van der Waals surface area contributed by atoms with Crippen LogP contribution in [0.3, 0.4) is 0 Å². The van der Waals surface area contributed by atoms with Crippen molar-refractivity contribution in [3.8, 4) is 0 Å². The molecule has 5 nitrogen and oxygen atoms in total. The maximum Gasteiger partial charge on any atom is 0.251 e. The standard InChI is InChI=1S/C19H26N4O/c1-3-23(4-2)14-6-13-21-19(24)16-8-10-17(11-9-16)22-18-7-5-12-20-15-18/h5,7-12,15,22H,3-4,6,13-14H2,1-2H3,(H,21,24). The molecule has 5 heteroatoms. The van der Waals surface area contributed by atoms with Crippen molar-refractivity contribution in [3.63, 3.8) is 0 Å². The van der Waals surface area contributed by atoms with Crippen LogP contribution in [-0.2, 0) is 0 Å². The van der Waals surface area contributed by atoms with E-state index in [0.29, 0.717) is 12.1 Å². The monoisotopic (exact) mass is 326 g/mol. The zero-order chi connectivity index (χ0) is 17.2. The summed E-state index contributed by atoms with van der Waals surface area (Å²) in [6.07, 6.45) is 4.46. The number of carbonyl (C=O) groups excluding carboxylic acids is 1. The van der Waals surface area contributed by atoms with Crippen LogP contribution in [0.15, 0.2) is 48.8 Å². The summed E-state index contributed by atoms with van der Waals surface area (Å²) in [5.41, 5.74) is 2.53. The molecule has 0 spiro atoms. The molecule has 1 amide bonds. The first-order valence-corrected chi connectivity index (χ1v) is 8.50. The maximum atomic E-state index is 12.1. The molecule has 2 aromatic rings. The number of nitrogens with zero attached hydrogens (tertiary/aromatic N) is 2. The van der Waals surface area contributed by atoms with Crippen molar-refractivity contribution >= 4 is 17.3 Å². The van der Waals surface area contributed by atoms with Gasteiger partial charge in [-0.05, 0) is 62.5 Å². The minimum Gasteiger partial charge on any atom is -0.354 e. The van der Waals surface area contributed by atoms with Crippen LogP contribution in [0.5, 0.6) is 0 Å². The Labute approximate surface area is 144 Å². The molecule has 128 valence electrons. The van der Waals surface area contributed by atoms with Crippen molar-refractivity contribution in [1.82, 2.24) is 15.2 Å². The van der Waals surface area contributed by atoms with E-state index in [1.54, 1.807) is 12.4 Å². The number of anilines is 2. The van der Waals surface area contributed by atoms with E-state index >= 15 is 0 Å². The summed E-state index contributed by atoms with van der Waals surface area (Å²) in [6.45, 7) is 8.13. The topological polar surface area (TPSA) is 57.3 Å². The first kappa shape index (κ1) is 17.9. The average Bonchev–Trinajstić information content (AvgIpc) is 2.63. The Morgan fingerprint density at radius 3 is 2.46 bits per heavy atom. The fourth-order valence-electron chi connectivity index (χ4n) is 2.45. The fraction of sp³-hybridized carbons (Fsp3) is 0.368. The molecule has 1 aromatic carbocycles. The number of benzene rings is 1. The Hall–Kier alpha value is -2.40. The van der Waals surface area contributed by atoms with Gasteiger partial charge in [-0.15, -0.1) is 0 Å². The minimum atomic E-state index is -0.0255. The SMILES string of the molecule is CCN(CC)CCCNC(=O)c1ccc(Nc2cccnc2)cc1. The van der Waals surface area contributed by atoms with Gasteiger partial charge < -0.3 is 15.5 Å². The van der Waals surface area contributed by atoms with Crippen molar-refractivity contribution in [1.29, 1.82) is 0 Å². The highest BCUT2D eigenvalue weighted by atomic mass is 16.1. The largest absolute Gasteiger partial charge is 0.354 e. The lowest BCUT2D eigenvalue weighted by Gasteiger charge is -2.17. The molecule has 0 unspecified atom stereocenters. The molecule has 0 aliphatic rings. The summed E-state index contributed by atoms with van der Waals surface area (Å²) < 4.78 is 0. The van der Waals surface area contributed by atoms with Crippen LogP contribution < -0.4 is 10.6 Å². The van der Waals surface area contributed by atoms with Gasteiger partial charge >= 0.3 is 0 Å². The number of pyridine rings is 1. The average molecular weight is 326 g/mol. The van der Waals surface area contributed by atoms with E-state index in [-0.39, 0.29) is 5.91 Å². The molecule has 2 rings (SSSR count). The lowest BCUT2D eigenvalue weighted by molar-refractivity contribution is 0.0952. The highest BCUT2D eigenvalue weighted by Gasteiger charge is 2.05. The van der Waals surface area contributed by atoms with Gasteiger partial charge in [-0.25, -0.2) is 0 Å². The molecule has 24 heavy (non-hydrogen) atoms. The van der Waals surface area contributed by atoms with Gasteiger partial charge in [0.1, 0.15) is 0 Å². The summed E-state index contributed by atoms with van der Waals surface area (Å²) >= 11 is 0. The molecule has 2 N–H and O–H groups in total. The van der Waals surface area contributed by atoms with E-state index in [9.17, 15) is 4.79 Å². The van der Waals surface area contributed by atoms with Gasteiger partial charge in [0.15, 0.2) is 0 Å². The first-order chi connectivity index (χ1) is 11.7. The second-order valence-electron chi connectivity index (χ2n) is 5.58. The minimum absolute atomic E-state index is 0.0255. The highest BCUT2D eigenvalue weighted by molar-refractivity contribution is 5.94. The van der Waals surface area contributed by atoms with Gasteiger partial charge in [0.25, 0.3) is 5.91 Å². The zero-order valence-electron chi connectivity index (χ0n) is 14.5. The Balaban J connectivity index is 1.79. The maximum absolute atomic E-state index is 12.1. The third-order valence-corrected chi connectivity index (χ3v) is 3.93. The van der Waals surface area contributed by atoms with Crippen molar-refractivity contribution in [2.45, 2.75) is 20.3 Å². The normalized spacial score (nSPS) is 10.6. The molecule has 0 fully saturated rings. The number of carbonyl (C=O) groups is 1. The lowest BCUT2D eigenvalue weighted by atomic mass is 10.2. The number of hydrogen-bond donors (Lipinski definition) is 2.